The maximum atomic E-state index is 12.4. The minimum Gasteiger partial charge on any atom is -0.497 e. The largest absolute Gasteiger partial charge is 0.497 e. The second-order valence-corrected chi connectivity index (χ2v) is 8.40. The number of nitrogens with one attached hydrogen (secondary N) is 1. The zero-order chi connectivity index (χ0) is 19.8. The van der Waals surface area contributed by atoms with Crippen LogP contribution in [0.5, 0.6) is 5.75 Å². The highest BCUT2D eigenvalue weighted by molar-refractivity contribution is 7.94. The molecule has 0 aromatic heterocycles. The molecular formula is C18H17ClN2O5S. The Bertz CT molecular complexity index is 1000. The van der Waals surface area contributed by atoms with Gasteiger partial charge in [-0.2, -0.15) is 0 Å². The molecule has 7 nitrogen and oxygen atoms in total. The normalized spacial score (nSPS) is 18.4. The molecule has 2 aromatic rings. The number of halogens is 1. The van der Waals surface area contributed by atoms with Crippen LogP contribution in [-0.4, -0.2) is 33.1 Å². The Morgan fingerprint density at radius 3 is 2.41 bits per heavy atom. The van der Waals surface area contributed by atoms with Crippen LogP contribution in [0.25, 0.3) is 0 Å². The summed E-state index contributed by atoms with van der Waals surface area (Å²) in [4.78, 5) is 24.6. The molecule has 9 heteroatoms. The van der Waals surface area contributed by atoms with Crippen LogP contribution in [0.15, 0.2) is 42.5 Å². The summed E-state index contributed by atoms with van der Waals surface area (Å²) < 4.78 is 30.2. The van der Waals surface area contributed by atoms with E-state index < -0.39 is 27.8 Å². The van der Waals surface area contributed by atoms with Gasteiger partial charge in [-0.3, -0.25) is 9.59 Å². The second-order valence-electron chi connectivity index (χ2n) is 6.13. The molecule has 1 unspecified atom stereocenters. The third-order valence-corrected chi connectivity index (χ3v) is 6.32. The van der Waals surface area contributed by atoms with Gasteiger partial charge in [-0.25, -0.2) is 12.7 Å². The number of carbonyl (C=O) groups is 2. The molecule has 0 radical (unpaired) electrons. The lowest BCUT2D eigenvalue weighted by atomic mass is 10.1. The number of rotatable bonds is 4. The molecular weight excluding hydrogens is 392 g/mol. The van der Waals surface area contributed by atoms with E-state index in [9.17, 15) is 18.0 Å². The van der Waals surface area contributed by atoms with E-state index in [-0.39, 0.29) is 22.0 Å². The van der Waals surface area contributed by atoms with E-state index in [1.807, 2.05) is 0 Å². The van der Waals surface area contributed by atoms with Gasteiger partial charge in [0.2, 0.25) is 15.9 Å². The summed E-state index contributed by atoms with van der Waals surface area (Å²) in [6, 6.07) is 10.8. The van der Waals surface area contributed by atoms with Gasteiger partial charge in [0, 0.05) is 5.69 Å². The first-order valence-electron chi connectivity index (χ1n) is 8.05. The van der Waals surface area contributed by atoms with Crippen LogP contribution < -0.4 is 14.4 Å². The maximum absolute atomic E-state index is 12.4. The van der Waals surface area contributed by atoms with E-state index >= 15 is 0 Å². The molecule has 2 aromatic carbocycles. The summed E-state index contributed by atoms with van der Waals surface area (Å²) in [5.74, 6) is -1.18. The van der Waals surface area contributed by atoms with Gasteiger partial charge >= 0.3 is 0 Å². The lowest BCUT2D eigenvalue weighted by Gasteiger charge is -2.16. The average molecular weight is 409 g/mol. The Morgan fingerprint density at radius 1 is 1.22 bits per heavy atom. The van der Waals surface area contributed by atoms with Crippen molar-refractivity contribution in [1.82, 2.24) is 0 Å². The number of ether oxygens (including phenoxy) is 1. The fourth-order valence-corrected chi connectivity index (χ4v) is 4.85. The predicted octanol–water partition coefficient (Wildman–Crippen LogP) is 2.91. The molecule has 3 rings (SSSR count). The maximum Gasteiger partial charge on any atom is 0.257 e. The molecule has 142 valence electrons. The SMILES string of the molecule is COc1ccc(NC(=O)c2ccc(N3C(=O)C(C)CS3(=O)=O)cc2Cl)cc1. The topological polar surface area (TPSA) is 92.8 Å². The third-order valence-electron chi connectivity index (χ3n) is 4.14. The molecule has 1 atom stereocenters. The molecule has 1 heterocycles. The molecule has 0 aliphatic carbocycles. The molecule has 1 aliphatic rings. The van der Waals surface area contributed by atoms with E-state index in [0.29, 0.717) is 11.4 Å². The molecule has 27 heavy (non-hydrogen) atoms. The lowest BCUT2D eigenvalue weighted by Crippen LogP contribution is -2.30. The standard InChI is InChI=1S/C18H17ClN2O5S/c1-11-10-27(24,25)21(18(11)23)13-5-8-15(16(19)9-13)17(22)20-12-3-6-14(26-2)7-4-12/h3-9,11H,10H2,1-2H3,(H,20,22). The minimum atomic E-state index is -3.73. The van der Waals surface area contributed by atoms with Gasteiger partial charge in [-0.1, -0.05) is 18.5 Å². The first-order chi connectivity index (χ1) is 12.7. The highest BCUT2D eigenvalue weighted by Gasteiger charge is 2.42. The Labute approximate surface area is 161 Å². The van der Waals surface area contributed by atoms with Crippen LogP contribution in [0.3, 0.4) is 0 Å². The van der Waals surface area contributed by atoms with Crippen molar-refractivity contribution in [2.75, 3.05) is 22.5 Å². The van der Waals surface area contributed by atoms with Gasteiger partial charge in [0.1, 0.15) is 5.75 Å². The summed E-state index contributed by atoms with van der Waals surface area (Å²) in [5.41, 5.74) is 0.829. The number of sulfonamides is 1. The number of nitrogens with zero attached hydrogens (tertiary/aromatic N) is 1. The van der Waals surface area contributed by atoms with Crippen molar-refractivity contribution < 1.29 is 22.7 Å². The van der Waals surface area contributed by atoms with Gasteiger partial charge in [-0.15, -0.1) is 0 Å². The van der Waals surface area contributed by atoms with Gasteiger partial charge in [0.25, 0.3) is 5.91 Å². The van der Waals surface area contributed by atoms with E-state index in [0.717, 1.165) is 4.31 Å². The van der Waals surface area contributed by atoms with Crippen molar-refractivity contribution >= 4 is 44.8 Å². The van der Waals surface area contributed by atoms with Crippen molar-refractivity contribution in [2.24, 2.45) is 5.92 Å². The van der Waals surface area contributed by atoms with E-state index in [2.05, 4.69) is 5.32 Å². The van der Waals surface area contributed by atoms with E-state index in [1.165, 1.54) is 18.2 Å². The van der Waals surface area contributed by atoms with Crippen molar-refractivity contribution in [3.8, 4) is 5.75 Å². The quantitative estimate of drug-likeness (QED) is 0.839. The first-order valence-corrected chi connectivity index (χ1v) is 10.0. The molecule has 2 amide bonds. The molecule has 1 aliphatic heterocycles. The number of carbonyl (C=O) groups excluding carboxylic acids is 2. The summed E-state index contributed by atoms with van der Waals surface area (Å²) in [7, 11) is -2.19. The van der Waals surface area contributed by atoms with Crippen LogP contribution in [0.4, 0.5) is 11.4 Å². The van der Waals surface area contributed by atoms with Gasteiger partial charge in [0.05, 0.1) is 35.1 Å². The zero-order valence-corrected chi connectivity index (χ0v) is 16.2. The number of methoxy groups -OCH3 is 1. The summed E-state index contributed by atoms with van der Waals surface area (Å²) in [6.07, 6.45) is 0. The van der Waals surface area contributed by atoms with Gasteiger partial charge in [-0.05, 0) is 42.5 Å². The van der Waals surface area contributed by atoms with Crippen LogP contribution in [0.2, 0.25) is 5.02 Å². The Kier molecular flexibility index (Phi) is 5.12. The Balaban J connectivity index is 1.84. The fourth-order valence-electron chi connectivity index (χ4n) is 2.77. The van der Waals surface area contributed by atoms with Crippen molar-refractivity contribution in [1.29, 1.82) is 0 Å². The fraction of sp³-hybridized carbons (Fsp3) is 0.222. The highest BCUT2D eigenvalue weighted by Crippen LogP contribution is 2.31. The molecule has 0 bridgehead atoms. The number of anilines is 2. The Morgan fingerprint density at radius 2 is 1.89 bits per heavy atom. The highest BCUT2D eigenvalue weighted by atomic mass is 35.5. The Hall–Kier alpha value is -2.58. The minimum absolute atomic E-state index is 0.0427. The van der Waals surface area contributed by atoms with Crippen LogP contribution >= 0.6 is 11.6 Å². The summed E-state index contributed by atoms with van der Waals surface area (Å²) in [6.45, 7) is 1.55. The summed E-state index contributed by atoms with van der Waals surface area (Å²) in [5, 5.41) is 2.74. The van der Waals surface area contributed by atoms with Crippen molar-refractivity contribution in [3.63, 3.8) is 0 Å². The van der Waals surface area contributed by atoms with E-state index in [4.69, 9.17) is 16.3 Å². The van der Waals surface area contributed by atoms with Crippen LogP contribution in [0, 0.1) is 5.92 Å². The smallest absolute Gasteiger partial charge is 0.257 e. The number of benzene rings is 2. The molecule has 1 N–H and O–H groups in total. The van der Waals surface area contributed by atoms with Crippen LogP contribution in [0.1, 0.15) is 17.3 Å². The number of hydrogen-bond acceptors (Lipinski definition) is 5. The molecule has 0 spiro atoms. The van der Waals surface area contributed by atoms with Gasteiger partial charge < -0.3 is 10.1 Å². The van der Waals surface area contributed by atoms with Crippen molar-refractivity contribution in [3.05, 3.63) is 53.1 Å². The van der Waals surface area contributed by atoms with Gasteiger partial charge in [0.15, 0.2) is 0 Å². The lowest BCUT2D eigenvalue weighted by molar-refractivity contribution is -0.119. The molecule has 1 saturated heterocycles. The van der Waals surface area contributed by atoms with E-state index in [1.54, 1.807) is 38.3 Å². The predicted molar refractivity (Wildman–Crippen MR) is 103 cm³/mol. The third kappa shape index (κ3) is 3.77. The monoisotopic (exact) mass is 408 g/mol. The molecule has 0 saturated carbocycles. The molecule has 1 fully saturated rings. The summed E-state index contributed by atoms with van der Waals surface area (Å²) >= 11 is 6.18. The number of amides is 2. The first kappa shape index (κ1) is 19.2. The average Bonchev–Trinajstić information content (AvgIpc) is 2.82. The van der Waals surface area contributed by atoms with Crippen molar-refractivity contribution in [2.45, 2.75) is 6.92 Å². The zero-order valence-electron chi connectivity index (χ0n) is 14.6. The second kappa shape index (κ2) is 7.21. The number of hydrogen-bond donors (Lipinski definition) is 1. The van der Waals surface area contributed by atoms with Crippen LogP contribution in [-0.2, 0) is 14.8 Å².